The fraction of sp³-hybridized carbons (Fsp3) is 0.684. The first-order chi connectivity index (χ1) is 13.0. The SMILES string of the molecule is CN(c1ncnc2[nH]ccc12)[C@H]1CC[C@H](CS(=O)(=O)N2CCCCC2)CC1. The van der Waals surface area contributed by atoms with Crippen LogP contribution in [0.2, 0.25) is 0 Å². The molecule has 1 N–H and O–H groups in total. The minimum Gasteiger partial charge on any atom is -0.356 e. The van der Waals surface area contributed by atoms with Gasteiger partial charge in [-0.3, -0.25) is 0 Å². The summed E-state index contributed by atoms with van der Waals surface area (Å²) in [5, 5.41) is 1.04. The Bertz CT molecular complexity index is 867. The lowest BCUT2D eigenvalue weighted by Gasteiger charge is -2.36. The van der Waals surface area contributed by atoms with Crippen molar-refractivity contribution < 1.29 is 8.42 Å². The maximum Gasteiger partial charge on any atom is 0.214 e. The molecule has 1 aliphatic carbocycles. The average molecular weight is 392 g/mol. The van der Waals surface area contributed by atoms with Gasteiger partial charge in [-0.05, 0) is 50.5 Å². The maximum absolute atomic E-state index is 12.7. The van der Waals surface area contributed by atoms with Crippen LogP contribution in [0, 0.1) is 5.92 Å². The lowest BCUT2D eigenvalue weighted by molar-refractivity contribution is 0.319. The second-order valence-corrected chi connectivity index (χ2v) is 9.97. The zero-order valence-corrected chi connectivity index (χ0v) is 16.8. The first-order valence-corrected chi connectivity index (χ1v) is 11.6. The van der Waals surface area contributed by atoms with Crippen LogP contribution in [-0.4, -0.2) is 59.6 Å². The Balaban J connectivity index is 1.36. The summed E-state index contributed by atoms with van der Waals surface area (Å²) >= 11 is 0. The smallest absolute Gasteiger partial charge is 0.214 e. The van der Waals surface area contributed by atoms with E-state index in [1.807, 2.05) is 12.3 Å². The molecule has 0 bridgehead atoms. The summed E-state index contributed by atoms with van der Waals surface area (Å²) in [7, 11) is -1.01. The van der Waals surface area contributed by atoms with Gasteiger partial charge in [0.1, 0.15) is 17.8 Å². The van der Waals surface area contributed by atoms with Crippen LogP contribution in [0.15, 0.2) is 18.6 Å². The van der Waals surface area contributed by atoms with Crippen LogP contribution >= 0.6 is 0 Å². The van der Waals surface area contributed by atoms with E-state index in [0.29, 0.717) is 24.9 Å². The summed E-state index contributed by atoms with van der Waals surface area (Å²) in [5.41, 5.74) is 0.855. The van der Waals surface area contributed by atoms with E-state index in [2.05, 4.69) is 26.9 Å². The van der Waals surface area contributed by atoms with Gasteiger partial charge >= 0.3 is 0 Å². The van der Waals surface area contributed by atoms with E-state index in [4.69, 9.17) is 0 Å². The summed E-state index contributed by atoms with van der Waals surface area (Å²) in [6.45, 7) is 1.42. The number of rotatable bonds is 5. The molecule has 2 aromatic rings. The van der Waals surface area contributed by atoms with Crippen LogP contribution in [0.25, 0.3) is 11.0 Å². The number of piperidine rings is 1. The van der Waals surface area contributed by atoms with Gasteiger partial charge in [0.2, 0.25) is 10.0 Å². The number of aromatic amines is 1. The zero-order valence-electron chi connectivity index (χ0n) is 16.0. The number of aromatic nitrogens is 3. The first kappa shape index (κ1) is 18.7. The molecule has 148 valence electrons. The highest BCUT2D eigenvalue weighted by Gasteiger charge is 2.31. The molecule has 27 heavy (non-hydrogen) atoms. The lowest BCUT2D eigenvalue weighted by atomic mass is 9.86. The van der Waals surface area contributed by atoms with Gasteiger partial charge in [0.25, 0.3) is 0 Å². The summed E-state index contributed by atoms with van der Waals surface area (Å²) in [5.74, 6) is 1.55. The highest BCUT2D eigenvalue weighted by Crippen LogP contribution is 2.32. The minimum absolute atomic E-state index is 0.277. The second-order valence-electron chi connectivity index (χ2n) is 7.96. The van der Waals surface area contributed by atoms with Crippen molar-refractivity contribution in [2.24, 2.45) is 5.92 Å². The van der Waals surface area contributed by atoms with Gasteiger partial charge in [-0.1, -0.05) is 6.42 Å². The molecule has 0 atom stereocenters. The first-order valence-electron chi connectivity index (χ1n) is 10.0. The fourth-order valence-corrected chi connectivity index (χ4v) is 6.51. The van der Waals surface area contributed by atoms with Crippen molar-refractivity contribution in [1.82, 2.24) is 19.3 Å². The van der Waals surface area contributed by atoms with Crippen molar-refractivity contribution in [3.8, 4) is 0 Å². The normalized spacial score (nSPS) is 24.9. The average Bonchev–Trinajstić information content (AvgIpc) is 3.17. The highest BCUT2D eigenvalue weighted by molar-refractivity contribution is 7.89. The third-order valence-corrected chi connectivity index (χ3v) is 8.23. The molecule has 0 unspecified atom stereocenters. The van der Waals surface area contributed by atoms with Gasteiger partial charge in [-0.15, -0.1) is 0 Å². The molecule has 2 aromatic heterocycles. The number of H-pyrrole nitrogens is 1. The molecule has 4 rings (SSSR count). The fourth-order valence-electron chi connectivity index (χ4n) is 4.56. The predicted molar refractivity (Wildman–Crippen MR) is 107 cm³/mol. The Morgan fingerprint density at radius 1 is 1.15 bits per heavy atom. The number of fused-ring (bicyclic) bond motifs is 1. The maximum atomic E-state index is 12.7. The van der Waals surface area contributed by atoms with E-state index in [9.17, 15) is 8.42 Å². The number of sulfonamides is 1. The minimum atomic E-state index is -3.10. The van der Waals surface area contributed by atoms with Gasteiger partial charge in [-0.2, -0.15) is 0 Å². The molecule has 0 spiro atoms. The van der Waals surface area contributed by atoms with Crippen LogP contribution in [0.5, 0.6) is 0 Å². The summed E-state index contributed by atoms with van der Waals surface area (Å²) in [4.78, 5) is 14.1. The topological polar surface area (TPSA) is 82.2 Å². The Labute approximate surface area is 161 Å². The Morgan fingerprint density at radius 2 is 1.89 bits per heavy atom. The number of nitrogens with zero attached hydrogens (tertiary/aromatic N) is 4. The van der Waals surface area contributed by atoms with Gasteiger partial charge in [0, 0.05) is 32.4 Å². The quantitative estimate of drug-likeness (QED) is 0.847. The summed E-state index contributed by atoms with van der Waals surface area (Å²) < 4.78 is 27.1. The summed E-state index contributed by atoms with van der Waals surface area (Å²) in [6.07, 6.45) is 10.6. The van der Waals surface area contributed by atoms with Crippen molar-refractivity contribution in [2.45, 2.75) is 51.0 Å². The number of anilines is 1. The second kappa shape index (κ2) is 7.75. The molecule has 1 aliphatic heterocycles. The van der Waals surface area contributed by atoms with Crippen LogP contribution in [0.1, 0.15) is 44.9 Å². The molecular weight excluding hydrogens is 362 g/mol. The third-order valence-electron chi connectivity index (χ3n) is 6.19. The molecule has 2 aliphatic rings. The Kier molecular flexibility index (Phi) is 5.36. The molecule has 2 fully saturated rings. The zero-order chi connectivity index (χ0) is 18.9. The molecular formula is C19H29N5O2S. The Hall–Kier alpha value is -1.67. The third kappa shape index (κ3) is 3.96. The number of nitrogens with one attached hydrogen (secondary N) is 1. The monoisotopic (exact) mass is 391 g/mol. The van der Waals surface area contributed by atoms with Crippen molar-refractivity contribution in [1.29, 1.82) is 0 Å². The van der Waals surface area contributed by atoms with Crippen molar-refractivity contribution >= 4 is 26.9 Å². The number of hydrogen-bond donors (Lipinski definition) is 1. The van der Waals surface area contributed by atoms with Crippen molar-refractivity contribution in [3.05, 3.63) is 18.6 Å². The van der Waals surface area contributed by atoms with Crippen molar-refractivity contribution in [3.63, 3.8) is 0 Å². The van der Waals surface area contributed by atoms with E-state index >= 15 is 0 Å². The van der Waals surface area contributed by atoms with Crippen LogP contribution in [0.3, 0.4) is 0 Å². The predicted octanol–water partition coefficient (Wildman–Crippen LogP) is 2.77. The largest absolute Gasteiger partial charge is 0.356 e. The van der Waals surface area contributed by atoms with Gasteiger partial charge in [0.15, 0.2) is 0 Å². The molecule has 7 nitrogen and oxygen atoms in total. The van der Waals surface area contributed by atoms with Gasteiger partial charge in [0.05, 0.1) is 11.1 Å². The molecule has 0 amide bonds. The standard InChI is InChI=1S/C19H29N5O2S/c1-23(19-17-9-10-20-18(17)21-14-22-19)16-7-5-15(6-8-16)13-27(25,26)24-11-3-2-4-12-24/h9-10,14-16H,2-8,11-13H2,1H3,(H,20,21,22)/t15-,16-. The highest BCUT2D eigenvalue weighted by atomic mass is 32.2. The van der Waals surface area contributed by atoms with Crippen LogP contribution < -0.4 is 4.90 Å². The summed E-state index contributed by atoms with van der Waals surface area (Å²) in [6, 6.07) is 2.41. The van der Waals surface area contributed by atoms with Crippen LogP contribution in [0.4, 0.5) is 5.82 Å². The van der Waals surface area contributed by atoms with E-state index in [1.54, 1.807) is 10.6 Å². The molecule has 0 radical (unpaired) electrons. The molecule has 3 heterocycles. The van der Waals surface area contributed by atoms with E-state index in [0.717, 1.165) is 61.8 Å². The lowest BCUT2D eigenvalue weighted by Crippen LogP contribution is -2.41. The van der Waals surface area contributed by atoms with E-state index in [1.165, 1.54) is 0 Å². The molecule has 0 aromatic carbocycles. The Morgan fingerprint density at radius 3 is 2.63 bits per heavy atom. The molecule has 8 heteroatoms. The number of hydrogen-bond acceptors (Lipinski definition) is 5. The van der Waals surface area contributed by atoms with Gasteiger partial charge < -0.3 is 9.88 Å². The molecule has 1 saturated heterocycles. The molecule has 1 saturated carbocycles. The van der Waals surface area contributed by atoms with Gasteiger partial charge in [-0.25, -0.2) is 22.7 Å². The van der Waals surface area contributed by atoms with Crippen LogP contribution in [-0.2, 0) is 10.0 Å². The van der Waals surface area contributed by atoms with E-state index in [-0.39, 0.29) is 5.92 Å². The van der Waals surface area contributed by atoms with Crippen molar-refractivity contribution in [2.75, 3.05) is 30.8 Å². The van der Waals surface area contributed by atoms with E-state index < -0.39 is 10.0 Å².